The van der Waals surface area contributed by atoms with E-state index >= 15 is 0 Å². The summed E-state index contributed by atoms with van der Waals surface area (Å²) in [6.45, 7) is 3.69. The summed E-state index contributed by atoms with van der Waals surface area (Å²) < 4.78 is 16.9. The fourth-order valence-corrected chi connectivity index (χ4v) is 4.69. The Bertz CT molecular complexity index is 1530. The van der Waals surface area contributed by atoms with Crippen LogP contribution in [0.5, 0.6) is 17.2 Å². The first-order valence-electron chi connectivity index (χ1n) is 12.0. The molecule has 1 fully saturated rings. The lowest BCUT2D eigenvalue weighted by Gasteiger charge is -2.26. The first kappa shape index (κ1) is 28.6. The lowest BCUT2D eigenvalue weighted by Crippen LogP contribution is -2.54. The van der Waals surface area contributed by atoms with Crippen LogP contribution in [-0.4, -0.2) is 44.6 Å². The van der Waals surface area contributed by atoms with Gasteiger partial charge in [0.15, 0.2) is 18.1 Å². The van der Waals surface area contributed by atoms with Gasteiger partial charge in [-0.25, -0.2) is 9.69 Å². The molecule has 0 unspecified atom stereocenters. The molecule has 0 spiro atoms. The van der Waals surface area contributed by atoms with Gasteiger partial charge >= 0.3 is 6.03 Å². The van der Waals surface area contributed by atoms with Gasteiger partial charge in [0.05, 0.1) is 23.5 Å². The number of methoxy groups -OCH3 is 2. The maximum atomic E-state index is 13.2. The van der Waals surface area contributed by atoms with E-state index in [0.717, 1.165) is 16.0 Å². The summed E-state index contributed by atoms with van der Waals surface area (Å²) in [5.41, 5.74) is 3.33. The van der Waals surface area contributed by atoms with Crippen molar-refractivity contribution in [3.63, 3.8) is 0 Å². The van der Waals surface area contributed by atoms with E-state index in [4.69, 9.17) is 14.2 Å². The van der Waals surface area contributed by atoms with Crippen molar-refractivity contribution >= 4 is 63.8 Å². The number of ether oxygens (including phenoxy) is 3. The number of nitrogens with zero attached hydrogens (tertiary/aromatic N) is 1. The molecule has 4 rings (SSSR count). The number of imide groups is 2. The zero-order valence-corrected chi connectivity index (χ0v) is 24.3. The molecule has 206 valence electrons. The zero-order chi connectivity index (χ0) is 29.0. The molecule has 1 heterocycles. The van der Waals surface area contributed by atoms with Gasteiger partial charge in [0, 0.05) is 5.69 Å². The Morgan fingerprint density at radius 3 is 2.35 bits per heavy atom. The molecular formula is C29H26IN3O7. The average molecular weight is 655 g/mol. The third-order valence-corrected chi connectivity index (χ3v) is 6.93. The normalized spacial score (nSPS) is 14.2. The Labute approximate surface area is 244 Å². The summed E-state index contributed by atoms with van der Waals surface area (Å²) in [6, 6.07) is 14.3. The minimum atomic E-state index is -0.854. The van der Waals surface area contributed by atoms with Gasteiger partial charge in [0.1, 0.15) is 11.3 Å². The smallest absolute Gasteiger partial charge is 0.335 e. The highest BCUT2D eigenvalue weighted by molar-refractivity contribution is 14.1. The van der Waals surface area contributed by atoms with Crippen LogP contribution < -0.4 is 29.7 Å². The molecule has 1 saturated heterocycles. The molecule has 10 nitrogen and oxygen atoms in total. The summed E-state index contributed by atoms with van der Waals surface area (Å²) in [5, 5.41) is 5.00. The van der Waals surface area contributed by atoms with Gasteiger partial charge in [0.25, 0.3) is 17.7 Å². The number of hydrogen-bond acceptors (Lipinski definition) is 7. The van der Waals surface area contributed by atoms with Gasteiger partial charge < -0.3 is 19.5 Å². The monoisotopic (exact) mass is 655 g/mol. The number of carbonyl (C=O) groups is 4. The summed E-state index contributed by atoms with van der Waals surface area (Å²) in [4.78, 5) is 51.7. The second-order valence-electron chi connectivity index (χ2n) is 8.83. The van der Waals surface area contributed by atoms with E-state index in [1.165, 1.54) is 32.4 Å². The zero-order valence-electron chi connectivity index (χ0n) is 22.2. The van der Waals surface area contributed by atoms with Gasteiger partial charge in [-0.2, -0.15) is 0 Å². The van der Waals surface area contributed by atoms with Crippen molar-refractivity contribution in [3.8, 4) is 17.2 Å². The molecule has 1 aliphatic heterocycles. The Morgan fingerprint density at radius 1 is 0.975 bits per heavy atom. The topological polar surface area (TPSA) is 123 Å². The summed E-state index contributed by atoms with van der Waals surface area (Å²) in [5.74, 6) is -0.778. The van der Waals surface area contributed by atoms with Crippen LogP contribution >= 0.6 is 22.6 Å². The van der Waals surface area contributed by atoms with Crippen LogP contribution in [0.1, 0.15) is 16.7 Å². The summed E-state index contributed by atoms with van der Waals surface area (Å²) >= 11 is 2.01. The Hall–Kier alpha value is -4.39. The number of aryl methyl sites for hydroxylation is 2. The molecule has 3 aromatic carbocycles. The average Bonchev–Trinajstić information content (AvgIpc) is 2.92. The maximum Gasteiger partial charge on any atom is 0.335 e. The predicted molar refractivity (Wildman–Crippen MR) is 158 cm³/mol. The van der Waals surface area contributed by atoms with Crippen LogP contribution in [-0.2, 0) is 14.4 Å². The van der Waals surface area contributed by atoms with E-state index in [9.17, 15) is 19.2 Å². The Kier molecular flexibility index (Phi) is 8.73. The van der Waals surface area contributed by atoms with E-state index in [0.29, 0.717) is 32.1 Å². The molecular weight excluding hydrogens is 629 g/mol. The molecule has 0 radical (unpaired) electrons. The molecule has 3 aromatic rings. The van der Waals surface area contributed by atoms with E-state index in [1.807, 2.05) is 54.6 Å². The third-order valence-electron chi connectivity index (χ3n) is 6.13. The van der Waals surface area contributed by atoms with Gasteiger partial charge in [-0.1, -0.05) is 6.07 Å². The summed E-state index contributed by atoms with van der Waals surface area (Å²) in [7, 11) is 2.94. The SMILES string of the molecule is COc1ccc(N2C(=O)NC(=O)/C(=C\c3cc(I)c(OCC(=O)Nc4ccc(C)c(C)c4)c(OC)c3)C2=O)cc1. The first-order valence-corrected chi connectivity index (χ1v) is 13.1. The number of benzene rings is 3. The van der Waals surface area contributed by atoms with Crippen molar-refractivity contribution < 1.29 is 33.4 Å². The number of halogens is 1. The molecule has 0 aromatic heterocycles. The number of hydrogen-bond donors (Lipinski definition) is 2. The molecule has 11 heteroatoms. The van der Waals surface area contributed by atoms with Crippen molar-refractivity contribution in [1.82, 2.24) is 5.32 Å². The first-order chi connectivity index (χ1) is 19.1. The molecule has 0 saturated carbocycles. The second kappa shape index (κ2) is 12.2. The van der Waals surface area contributed by atoms with E-state index < -0.39 is 17.8 Å². The number of anilines is 2. The van der Waals surface area contributed by atoms with E-state index in [2.05, 4.69) is 10.6 Å². The molecule has 2 N–H and O–H groups in total. The minimum Gasteiger partial charge on any atom is -0.497 e. The highest BCUT2D eigenvalue weighted by Crippen LogP contribution is 2.35. The number of rotatable bonds is 8. The van der Waals surface area contributed by atoms with E-state index in [1.54, 1.807) is 24.3 Å². The number of urea groups is 1. The fourth-order valence-electron chi connectivity index (χ4n) is 3.91. The van der Waals surface area contributed by atoms with Crippen molar-refractivity contribution in [3.05, 3.63) is 80.4 Å². The molecule has 40 heavy (non-hydrogen) atoms. The molecule has 5 amide bonds. The lowest BCUT2D eigenvalue weighted by atomic mass is 10.1. The van der Waals surface area contributed by atoms with Crippen molar-refractivity contribution in [2.45, 2.75) is 13.8 Å². The van der Waals surface area contributed by atoms with Crippen LogP contribution in [0.15, 0.2) is 60.2 Å². The molecule has 1 aliphatic rings. The van der Waals surface area contributed by atoms with Gasteiger partial charge in [-0.3, -0.25) is 19.7 Å². The number of barbiturate groups is 1. The van der Waals surface area contributed by atoms with E-state index in [-0.39, 0.29) is 23.8 Å². The van der Waals surface area contributed by atoms with Crippen LogP contribution in [0.25, 0.3) is 6.08 Å². The van der Waals surface area contributed by atoms with Gasteiger partial charge in [0.2, 0.25) is 0 Å². The number of amides is 5. The molecule has 0 bridgehead atoms. The minimum absolute atomic E-state index is 0.241. The third kappa shape index (κ3) is 6.25. The van der Waals surface area contributed by atoms with Crippen LogP contribution in [0.3, 0.4) is 0 Å². The molecule has 0 aliphatic carbocycles. The Morgan fingerprint density at radius 2 is 1.70 bits per heavy atom. The lowest BCUT2D eigenvalue weighted by molar-refractivity contribution is -0.122. The number of nitrogens with one attached hydrogen (secondary N) is 2. The van der Waals surface area contributed by atoms with Crippen molar-refractivity contribution in [1.29, 1.82) is 0 Å². The number of carbonyl (C=O) groups excluding carboxylic acids is 4. The van der Waals surface area contributed by atoms with Crippen molar-refractivity contribution in [2.24, 2.45) is 0 Å². The highest BCUT2D eigenvalue weighted by atomic mass is 127. The molecule has 0 atom stereocenters. The highest BCUT2D eigenvalue weighted by Gasteiger charge is 2.37. The second-order valence-corrected chi connectivity index (χ2v) is 9.99. The quantitative estimate of drug-likeness (QED) is 0.207. The van der Waals surface area contributed by atoms with Crippen molar-refractivity contribution in [2.75, 3.05) is 31.0 Å². The van der Waals surface area contributed by atoms with Crippen LogP contribution in [0, 0.1) is 17.4 Å². The van der Waals surface area contributed by atoms with Gasteiger partial charge in [-0.05, 0) is 108 Å². The Balaban J connectivity index is 1.54. The standard InChI is InChI=1S/C29H26IN3O7/c1-16-5-6-19(11-17(16)2)31-25(34)15-40-26-23(30)13-18(14-24(26)39-4)12-22-27(35)32-29(37)33(28(22)36)20-7-9-21(38-3)10-8-20/h5-14H,15H2,1-4H3,(H,31,34)(H,32,35,37)/b22-12+. The summed E-state index contributed by atoms with van der Waals surface area (Å²) in [6.07, 6.45) is 1.36. The largest absolute Gasteiger partial charge is 0.497 e. The van der Waals surface area contributed by atoms with Crippen LogP contribution in [0.4, 0.5) is 16.2 Å². The maximum absolute atomic E-state index is 13.2. The van der Waals surface area contributed by atoms with Crippen LogP contribution in [0.2, 0.25) is 0 Å². The van der Waals surface area contributed by atoms with Gasteiger partial charge in [-0.15, -0.1) is 0 Å². The predicted octanol–water partition coefficient (Wildman–Crippen LogP) is 4.61. The fraction of sp³-hybridized carbons (Fsp3) is 0.172.